The van der Waals surface area contributed by atoms with Gasteiger partial charge in [0.05, 0.1) is 31.5 Å². The third-order valence-electron chi connectivity index (χ3n) is 6.51. The van der Waals surface area contributed by atoms with Crippen LogP contribution in [0.5, 0.6) is 5.88 Å². The number of hydrogen-bond acceptors (Lipinski definition) is 11. The van der Waals surface area contributed by atoms with E-state index in [4.69, 9.17) is 40.6 Å². The van der Waals surface area contributed by atoms with E-state index >= 15 is 0 Å². The molecule has 0 unspecified atom stereocenters. The van der Waals surface area contributed by atoms with E-state index in [1.165, 1.54) is 6.33 Å². The van der Waals surface area contributed by atoms with Crippen molar-refractivity contribution in [3.05, 3.63) is 6.33 Å². The van der Waals surface area contributed by atoms with Crippen LogP contribution < -0.4 is 15.6 Å². The summed E-state index contributed by atoms with van der Waals surface area (Å²) in [5.74, 6) is -0.382. The van der Waals surface area contributed by atoms with Crippen LogP contribution in [0.15, 0.2) is 6.33 Å². The van der Waals surface area contributed by atoms with E-state index in [1.807, 2.05) is 27.7 Å². The lowest BCUT2D eigenvalue weighted by molar-refractivity contribution is -0.148. The number of esters is 1. The fraction of sp³-hybridized carbons (Fsp3) is 0.739. The molecule has 0 radical (unpaired) electrons. The first-order valence-corrected chi connectivity index (χ1v) is 14.4. The van der Waals surface area contributed by atoms with Gasteiger partial charge < -0.3 is 19.9 Å². The minimum Gasteiger partial charge on any atom is -0.476 e. The van der Waals surface area contributed by atoms with Crippen molar-refractivity contribution in [3.8, 4) is 5.88 Å². The van der Waals surface area contributed by atoms with Gasteiger partial charge in [-0.05, 0) is 19.3 Å². The number of nitrogens with one attached hydrogen (secondary N) is 1. The van der Waals surface area contributed by atoms with E-state index in [0.717, 1.165) is 0 Å². The van der Waals surface area contributed by atoms with Crippen LogP contribution in [0.4, 0.5) is 5.95 Å². The monoisotopic (exact) mass is 574 g/mol. The summed E-state index contributed by atoms with van der Waals surface area (Å²) in [6.45, 7) is 13.2. The van der Waals surface area contributed by atoms with Gasteiger partial charge in [-0.15, -0.1) is 11.6 Å². The Balaban J connectivity index is 1.57. The first kappa shape index (κ1) is 29.0. The zero-order valence-corrected chi connectivity index (χ0v) is 24.3. The molecule has 2 fully saturated rings. The molecule has 0 aromatic carbocycles. The highest BCUT2D eigenvalue weighted by molar-refractivity contribution is 7.51. The quantitative estimate of drug-likeness (QED) is 0.269. The predicted octanol–water partition coefficient (Wildman–Crippen LogP) is 3.43. The second-order valence-corrected chi connectivity index (χ2v) is 13.5. The Hall–Kier alpha value is -2.02. The molecular weight excluding hydrogens is 539 g/mol. The SMILES string of the molecule is CCOc1nc(N)nc2c1ncn2[C@@H]1O[C@@H]2CO[P@](=O)(N[C@@H](COC(=O)C(C)C)C(C)(C)C)O[C@H]2[C@@]1(C)Cl. The first-order chi connectivity index (χ1) is 17.7. The molecular formula is C23H36ClN6O7P. The average molecular weight is 575 g/mol. The van der Waals surface area contributed by atoms with Crippen LogP contribution in [0.1, 0.15) is 54.7 Å². The molecule has 2 aliphatic heterocycles. The van der Waals surface area contributed by atoms with Gasteiger partial charge in [0, 0.05) is 0 Å². The summed E-state index contributed by atoms with van der Waals surface area (Å²) in [5, 5.41) is 2.97. The van der Waals surface area contributed by atoms with Gasteiger partial charge in [-0.2, -0.15) is 9.97 Å². The number of ether oxygens (including phenoxy) is 3. The highest BCUT2D eigenvalue weighted by Crippen LogP contribution is 2.58. The van der Waals surface area contributed by atoms with Gasteiger partial charge in [-0.3, -0.25) is 18.4 Å². The highest BCUT2D eigenvalue weighted by atomic mass is 35.5. The molecule has 0 aliphatic carbocycles. The fourth-order valence-corrected chi connectivity index (χ4v) is 6.69. The smallest absolute Gasteiger partial charge is 0.406 e. The van der Waals surface area contributed by atoms with Crippen molar-refractivity contribution in [2.24, 2.45) is 11.3 Å². The van der Waals surface area contributed by atoms with E-state index in [2.05, 4.69) is 20.0 Å². The van der Waals surface area contributed by atoms with Crippen molar-refractivity contribution in [2.45, 2.75) is 77.8 Å². The van der Waals surface area contributed by atoms with Crippen LogP contribution in [0.2, 0.25) is 0 Å². The number of nitrogen functional groups attached to an aromatic ring is 1. The number of rotatable bonds is 8. The van der Waals surface area contributed by atoms with Crippen molar-refractivity contribution in [1.82, 2.24) is 24.6 Å². The van der Waals surface area contributed by atoms with E-state index in [-0.39, 0.29) is 36.9 Å². The Kier molecular flexibility index (Phi) is 8.02. The minimum atomic E-state index is -3.87. The van der Waals surface area contributed by atoms with Crippen molar-refractivity contribution in [2.75, 3.05) is 25.6 Å². The topological polar surface area (TPSA) is 162 Å². The Bertz CT molecular complexity index is 1230. The molecule has 6 atom stereocenters. The van der Waals surface area contributed by atoms with E-state index in [1.54, 1.807) is 25.3 Å². The molecule has 2 aromatic rings. The Labute approximate surface area is 226 Å². The van der Waals surface area contributed by atoms with Crippen LogP contribution >= 0.6 is 19.3 Å². The number of anilines is 1. The number of imidazole rings is 1. The molecule has 0 spiro atoms. The Morgan fingerprint density at radius 2 is 2.11 bits per heavy atom. The number of aromatic nitrogens is 4. The van der Waals surface area contributed by atoms with Gasteiger partial charge in [0.15, 0.2) is 17.4 Å². The number of carbonyl (C=O) groups excluding carboxylic acids is 1. The van der Waals surface area contributed by atoms with Gasteiger partial charge in [0.2, 0.25) is 11.8 Å². The van der Waals surface area contributed by atoms with Crippen LogP contribution in [0.25, 0.3) is 11.2 Å². The average Bonchev–Trinajstić information content (AvgIpc) is 3.33. The fourth-order valence-electron chi connectivity index (χ4n) is 4.25. The molecule has 13 nitrogen and oxygen atoms in total. The third kappa shape index (κ3) is 5.64. The molecule has 212 valence electrons. The molecule has 4 rings (SSSR count). The third-order valence-corrected chi connectivity index (χ3v) is 8.53. The number of fused-ring (bicyclic) bond motifs is 2. The molecule has 38 heavy (non-hydrogen) atoms. The molecule has 15 heteroatoms. The summed E-state index contributed by atoms with van der Waals surface area (Å²) in [5.41, 5.74) is 6.24. The largest absolute Gasteiger partial charge is 0.476 e. The van der Waals surface area contributed by atoms with Crippen LogP contribution in [-0.4, -0.2) is 68.4 Å². The van der Waals surface area contributed by atoms with E-state index < -0.39 is 42.5 Å². The molecule has 4 heterocycles. The lowest BCUT2D eigenvalue weighted by Crippen LogP contribution is -2.49. The summed E-state index contributed by atoms with van der Waals surface area (Å²) in [6.07, 6.45) is -0.737. The van der Waals surface area contributed by atoms with Gasteiger partial charge >= 0.3 is 13.7 Å². The summed E-state index contributed by atoms with van der Waals surface area (Å²) >= 11 is 7.05. The second-order valence-electron chi connectivity index (χ2n) is 11.0. The summed E-state index contributed by atoms with van der Waals surface area (Å²) in [4.78, 5) is 23.7. The van der Waals surface area contributed by atoms with Crippen molar-refractivity contribution < 1.29 is 32.6 Å². The first-order valence-electron chi connectivity index (χ1n) is 12.5. The minimum absolute atomic E-state index is 0.00704. The van der Waals surface area contributed by atoms with Crippen molar-refractivity contribution >= 4 is 42.4 Å². The predicted molar refractivity (Wildman–Crippen MR) is 140 cm³/mol. The summed E-state index contributed by atoms with van der Waals surface area (Å²) in [6, 6.07) is -0.526. The van der Waals surface area contributed by atoms with E-state index in [9.17, 15) is 9.36 Å². The second kappa shape index (κ2) is 10.5. The normalized spacial score (nSPS) is 30.4. The summed E-state index contributed by atoms with van der Waals surface area (Å²) in [7, 11) is -3.87. The maximum atomic E-state index is 13.8. The van der Waals surface area contributed by atoms with Gasteiger partial charge in [-0.1, -0.05) is 34.6 Å². The van der Waals surface area contributed by atoms with Crippen LogP contribution in [0, 0.1) is 11.3 Å². The van der Waals surface area contributed by atoms with Gasteiger partial charge in [0.1, 0.15) is 23.7 Å². The lowest BCUT2D eigenvalue weighted by Gasteiger charge is -2.39. The molecule has 2 saturated heterocycles. The number of nitrogens with two attached hydrogens (primary N) is 1. The van der Waals surface area contributed by atoms with Gasteiger partial charge in [-0.25, -0.2) is 14.6 Å². The standard InChI is InChI=1S/C23H36ClN6O7P/c1-8-33-18-15-17(27-21(25)28-18)30(11-26-15)20-23(7,24)16-13(36-20)9-35-38(32,37-16)29-14(22(4,5)6)10-34-19(31)12(2)3/h11-14,16,20H,8-10H2,1-7H3,(H,29,32)(H2,25,27,28)/t13-,14+,16-,20-,23-,38-/m1/s1. The molecule has 0 saturated carbocycles. The highest BCUT2D eigenvalue weighted by Gasteiger charge is 2.60. The molecule has 2 aromatic heterocycles. The maximum Gasteiger partial charge on any atom is 0.406 e. The number of alkyl halides is 1. The van der Waals surface area contributed by atoms with E-state index in [0.29, 0.717) is 17.8 Å². The van der Waals surface area contributed by atoms with Crippen molar-refractivity contribution in [3.63, 3.8) is 0 Å². The number of halogens is 1. The Morgan fingerprint density at radius 1 is 1.39 bits per heavy atom. The molecule has 3 N–H and O–H groups in total. The molecule has 2 aliphatic rings. The summed E-state index contributed by atoms with van der Waals surface area (Å²) < 4.78 is 44.3. The zero-order chi connectivity index (χ0) is 28.0. The van der Waals surface area contributed by atoms with Crippen LogP contribution in [-0.2, 0) is 27.9 Å². The molecule has 0 bridgehead atoms. The molecule has 0 amide bonds. The number of carbonyl (C=O) groups is 1. The number of hydrogen-bond donors (Lipinski definition) is 2. The lowest BCUT2D eigenvalue weighted by atomic mass is 9.88. The zero-order valence-electron chi connectivity index (χ0n) is 22.6. The Morgan fingerprint density at radius 3 is 2.74 bits per heavy atom. The van der Waals surface area contributed by atoms with Crippen LogP contribution in [0.3, 0.4) is 0 Å². The van der Waals surface area contributed by atoms with Gasteiger partial charge in [0.25, 0.3) is 0 Å². The van der Waals surface area contributed by atoms with Crippen molar-refractivity contribution in [1.29, 1.82) is 0 Å². The maximum absolute atomic E-state index is 13.8. The number of nitrogens with zero attached hydrogens (tertiary/aromatic N) is 4.